The number of rotatable bonds is 6. The van der Waals surface area contributed by atoms with E-state index < -0.39 is 0 Å². The van der Waals surface area contributed by atoms with Crippen LogP contribution in [-0.4, -0.2) is 42.3 Å². The largest absolute Gasteiger partial charge is 0.393 e. The van der Waals surface area contributed by atoms with Gasteiger partial charge in [0.25, 0.3) is 0 Å². The van der Waals surface area contributed by atoms with Crippen LogP contribution in [0.15, 0.2) is 49.1 Å². The molecule has 26 heavy (non-hydrogen) atoms. The van der Waals surface area contributed by atoms with Crippen LogP contribution in [0.4, 0.5) is 0 Å². The molecule has 136 valence electrons. The lowest BCUT2D eigenvalue weighted by Gasteiger charge is -2.14. The van der Waals surface area contributed by atoms with E-state index in [1.807, 2.05) is 59.0 Å². The van der Waals surface area contributed by atoms with Crippen LogP contribution in [0, 0.1) is 5.92 Å². The maximum atomic E-state index is 10.4. The molecule has 3 aromatic rings. The molecule has 0 amide bonds. The van der Waals surface area contributed by atoms with Crippen molar-refractivity contribution in [2.45, 2.75) is 31.4 Å². The van der Waals surface area contributed by atoms with Gasteiger partial charge in [-0.15, -0.1) is 10.2 Å². The third kappa shape index (κ3) is 3.54. The topological polar surface area (TPSA) is 80.8 Å². The zero-order valence-corrected chi connectivity index (χ0v) is 14.9. The average molecular weight is 352 g/mol. The minimum absolute atomic E-state index is 0.237. The van der Waals surface area contributed by atoms with E-state index in [0.717, 1.165) is 43.0 Å². The predicted molar refractivity (Wildman–Crippen MR) is 97.7 cm³/mol. The Kier molecular flexibility index (Phi) is 4.81. The zero-order valence-electron chi connectivity index (χ0n) is 14.9. The number of hydrogen-bond acceptors (Lipinski definition) is 5. The minimum atomic E-state index is -0.295. The second-order valence-corrected chi connectivity index (χ2v) is 7.06. The molecule has 2 N–H and O–H groups in total. The van der Waals surface area contributed by atoms with Gasteiger partial charge >= 0.3 is 0 Å². The quantitative estimate of drug-likeness (QED) is 0.705. The molecule has 2 heterocycles. The molecule has 0 aliphatic heterocycles. The normalized spacial score (nSPS) is 22.8. The van der Waals surface area contributed by atoms with E-state index >= 15 is 0 Å². The van der Waals surface area contributed by atoms with Crippen molar-refractivity contribution in [2.24, 2.45) is 13.0 Å². The maximum absolute atomic E-state index is 10.4. The van der Waals surface area contributed by atoms with E-state index in [-0.39, 0.29) is 17.9 Å². The Hall–Kier alpha value is -2.51. The van der Waals surface area contributed by atoms with E-state index in [1.165, 1.54) is 0 Å². The number of nitrogens with zero attached hydrogens (tertiary/aromatic N) is 5. The second-order valence-electron chi connectivity index (χ2n) is 7.06. The van der Waals surface area contributed by atoms with E-state index in [9.17, 15) is 5.11 Å². The SMILES string of the molecule is Cn1cnnc1[C@H]1C[C@H](CNCc2cnn(-c3ccccc3)c2)[C@H](O)C1. The highest BCUT2D eigenvalue weighted by Gasteiger charge is 2.35. The molecule has 0 spiro atoms. The second kappa shape index (κ2) is 7.39. The first-order valence-corrected chi connectivity index (χ1v) is 9.02. The van der Waals surface area contributed by atoms with Gasteiger partial charge in [-0.2, -0.15) is 5.10 Å². The molecule has 0 saturated heterocycles. The molecule has 1 fully saturated rings. The molecule has 0 radical (unpaired) electrons. The predicted octanol–water partition coefficient (Wildman–Crippen LogP) is 1.65. The summed E-state index contributed by atoms with van der Waals surface area (Å²) in [7, 11) is 1.96. The number of benzene rings is 1. The van der Waals surface area contributed by atoms with Gasteiger partial charge in [-0.3, -0.25) is 0 Å². The molecule has 2 aromatic heterocycles. The van der Waals surface area contributed by atoms with Gasteiger partial charge in [-0.05, 0) is 30.9 Å². The smallest absolute Gasteiger partial charge is 0.135 e. The van der Waals surface area contributed by atoms with E-state index in [0.29, 0.717) is 0 Å². The Morgan fingerprint density at radius 3 is 2.85 bits per heavy atom. The van der Waals surface area contributed by atoms with Crippen molar-refractivity contribution in [2.75, 3.05) is 6.54 Å². The van der Waals surface area contributed by atoms with Crippen LogP contribution in [0.2, 0.25) is 0 Å². The number of aryl methyl sites for hydroxylation is 1. The van der Waals surface area contributed by atoms with Gasteiger partial charge < -0.3 is 15.0 Å². The number of nitrogens with one attached hydrogen (secondary N) is 1. The van der Waals surface area contributed by atoms with Gasteiger partial charge in [0.1, 0.15) is 12.2 Å². The summed E-state index contributed by atoms with van der Waals surface area (Å²) >= 11 is 0. The van der Waals surface area contributed by atoms with Crippen LogP contribution in [0.3, 0.4) is 0 Å². The van der Waals surface area contributed by atoms with Crippen LogP contribution in [0.5, 0.6) is 0 Å². The Balaban J connectivity index is 1.30. The Morgan fingerprint density at radius 2 is 2.08 bits per heavy atom. The molecular weight excluding hydrogens is 328 g/mol. The molecule has 1 aromatic carbocycles. The van der Waals surface area contributed by atoms with E-state index in [2.05, 4.69) is 20.6 Å². The molecule has 4 rings (SSSR count). The average Bonchev–Trinajstić information content (AvgIpc) is 3.37. The van der Waals surface area contributed by atoms with Crippen molar-refractivity contribution in [1.82, 2.24) is 29.9 Å². The third-order valence-corrected chi connectivity index (χ3v) is 5.16. The fraction of sp³-hybridized carbons (Fsp3) is 0.421. The van der Waals surface area contributed by atoms with Crippen molar-refractivity contribution in [3.63, 3.8) is 0 Å². The minimum Gasteiger partial charge on any atom is -0.393 e. The molecule has 7 nitrogen and oxygen atoms in total. The highest BCUT2D eigenvalue weighted by Crippen LogP contribution is 2.37. The molecule has 0 bridgehead atoms. The monoisotopic (exact) mass is 352 g/mol. The van der Waals surface area contributed by atoms with Gasteiger partial charge in [0, 0.05) is 37.8 Å². The number of aromatic nitrogens is 5. The van der Waals surface area contributed by atoms with Crippen molar-refractivity contribution in [3.05, 3.63) is 60.4 Å². The molecule has 1 saturated carbocycles. The molecule has 1 aliphatic rings. The van der Waals surface area contributed by atoms with Crippen molar-refractivity contribution in [3.8, 4) is 5.69 Å². The van der Waals surface area contributed by atoms with Gasteiger partial charge in [0.15, 0.2) is 0 Å². The van der Waals surface area contributed by atoms with Crippen LogP contribution in [-0.2, 0) is 13.6 Å². The summed E-state index contributed by atoms with van der Waals surface area (Å²) in [5, 5.41) is 26.4. The van der Waals surface area contributed by atoms with Gasteiger partial charge in [0.2, 0.25) is 0 Å². The highest BCUT2D eigenvalue weighted by atomic mass is 16.3. The molecule has 7 heteroatoms. The van der Waals surface area contributed by atoms with E-state index in [4.69, 9.17) is 0 Å². The first kappa shape index (κ1) is 16.9. The lowest BCUT2D eigenvalue weighted by molar-refractivity contribution is 0.131. The van der Waals surface area contributed by atoms with Crippen molar-refractivity contribution >= 4 is 0 Å². The van der Waals surface area contributed by atoms with Crippen LogP contribution < -0.4 is 5.32 Å². The summed E-state index contributed by atoms with van der Waals surface area (Å²) in [6.07, 6.45) is 7.03. The highest BCUT2D eigenvalue weighted by molar-refractivity contribution is 5.30. The van der Waals surface area contributed by atoms with Crippen LogP contribution >= 0.6 is 0 Å². The third-order valence-electron chi connectivity index (χ3n) is 5.16. The fourth-order valence-electron chi connectivity index (χ4n) is 3.77. The number of aliphatic hydroxyl groups excluding tert-OH is 1. The Labute approximate surface area is 152 Å². The number of hydrogen-bond donors (Lipinski definition) is 2. The summed E-state index contributed by atoms with van der Waals surface area (Å²) in [6.45, 7) is 1.52. The molecule has 1 aliphatic carbocycles. The Bertz CT molecular complexity index is 843. The number of para-hydroxylation sites is 1. The lowest BCUT2D eigenvalue weighted by atomic mass is 10.0. The number of aliphatic hydroxyl groups is 1. The molecular formula is C19H24N6O. The van der Waals surface area contributed by atoms with Crippen molar-refractivity contribution in [1.29, 1.82) is 0 Å². The summed E-state index contributed by atoms with van der Waals surface area (Å²) < 4.78 is 3.83. The summed E-state index contributed by atoms with van der Waals surface area (Å²) in [4.78, 5) is 0. The maximum Gasteiger partial charge on any atom is 0.135 e. The lowest BCUT2D eigenvalue weighted by Crippen LogP contribution is -2.27. The summed E-state index contributed by atoms with van der Waals surface area (Å²) in [5.74, 6) is 1.49. The standard InChI is InChI=1S/C19H24N6O/c1-24-13-21-23-19(24)15-7-16(18(26)8-15)11-20-9-14-10-22-25(12-14)17-5-3-2-4-6-17/h2-6,10,12-13,15-16,18,20,26H,7-9,11H2,1H3/t15-,16+,18+/m0/s1. The van der Waals surface area contributed by atoms with Crippen molar-refractivity contribution < 1.29 is 5.11 Å². The fourth-order valence-corrected chi connectivity index (χ4v) is 3.77. The first-order valence-electron chi connectivity index (χ1n) is 9.02. The van der Waals surface area contributed by atoms with Gasteiger partial charge in [-0.1, -0.05) is 18.2 Å². The Morgan fingerprint density at radius 1 is 1.23 bits per heavy atom. The van der Waals surface area contributed by atoms with Gasteiger partial charge in [-0.25, -0.2) is 4.68 Å². The summed E-state index contributed by atoms with van der Waals surface area (Å²) in [5.41, 5.74) is 2.18. The van der Waals surface area contributed by atoms with Crippen LogP contribution in [0.1, 0.15) is 30.1 Å². The summed E-state index contributed by atoms with van der Waals surface area (Å²) in [6, 6.07) is 10.1. The van der Waals surface area contributed by atoms with Gasteiger partial charge in [0.05, 0.1) is 18.0 Å². The molecule has 3 atom stereocenters. The van der Waals surface area contributed by atoms with E-state index in [1.54, 1.807) is 6.33 Å². The zero-order chi connectivity index (χ0) is 17.9. The molecule has 0 unspecified atom stereocenters. The van der Waals surface area contributed by atoms with Crippen LogP contribution in [0.25, 0.3) is 5.69 Å². The first-order chi connectivity index (χ1) is 12.7.